The van der Waals surface area contributed by atoms with Crippen LogP contribution in [-0.4, -0.2) is 38.6 Å². The van der Waals surface area contributed by atoms with Gasteiger partial charge in [0.1, 0.15) is 0 Å². The molecule has 0 bridgehead atoms. The highest BCUT2D eigenvalue weighted by Gasteiger charge is 2.16. The summed E-state index contributed by atoms with van der Waals surface area (Å²) in [6, 6.07) is 7.74. The first-order chi connectivity index (χ1) is 12.7. The van der Waals surface area contributed by atoms with Crippen molar-refractivity contribution in [2.75, 3.05) is 18.4 Å². The summed E-state index contributed by atoms with van der Waals surface area (Å²) in [5.74, 6) is -0.103. The molecule has 0 unspecified atom stereocenters. The van der Waals surface area contributed by atoms with Gasteiger partial charge in [0.2, 0.25) is 5.91 Å². The maximum atomic E-state index is 12.3. The van der Waals surface area contributed by atoms with Crippen LogP contribution >= 0.6 is 0 Å². The van der Waals surface area contributed by atoms with E-state index >= 15 is 0 Å². The lowest BCUT2D eigenvalue weighted by atomic mass is 10.1. The van der Waals surface area contributed by atoms with E-state index in [-0.39, 0.29) is 17.9 Å². The van der Waals surface area contributed by atoms with Crippen LogP contribution in [0, 0.1) is 0 Å². The fourth-order valence-corrected chi connectivity index (χ4v) is 3.43. The molecule has 0 atom stereocenters. The number of carbonyl (C=O) groups is 1. The Morgan fingerprint density at radius 3 is 2.92 bits per heavy atom. The normalized spacial score (nSPS) is 15.4. The highest BCUT2D eigenvalue weighted by molar-refractivity contribution is 5.90. The highest BCUT2D eigenvalue weighted by atomic mass is 16.1. The predicted octanol–water partition coefficient (Wildman–Crippen LogP) is 1.48. The highest BCUT2D eigenvalue weighted by Crippen LogP contribution is 2.19. The van der Waals surface area contributed by atoms with Crippen molar-refractivity contribution in [2.45, 2.75) is 31.8 Å². The molecule has 0 aliphatic carbocycles. The number of piperidine rings is 1. The first-order valence-electron chi connectivity index (χ1n) is 8.93. The van der Waals surface area contributed by atoms with Crippen molar-refractivity contribution >= 4 is 22.5 Å². The quantitative estimate of drug-likeness (QED) is 0.646. The fourth-order valence-electron chi connectivity index (χ4n) is 3.43. The maximum absolute atomic E-state index is 12.3. The van der Waals surface area contributed by atoms with Crippen LogP contribution < -0.4 is 16.2 Å². The number of fused-ring (bicyclic) bond motifs is 1. The van der Waals surface area contributed by atoms with Gasteiger partial charge in [-0.05, 0) is 38.1 Å². The Hall–Kier alpha value is -2.87. The smallest absolute Gasteiger partial charge is 0.271 e. The van der Waals surface area contributed by atoms with Crippen molar-refractivity contribution in [3.63, 3.8) is 0 Å². The number of carbonyl (C=O) groups excluding carboxylic acids is 1. The van der Waals surface area contributed by atoms with E-state index in [9.17, 15) is 9.59 Å². The lowest BCUT2D eigenvalue weighted by molar-refractivity contribution is -0.116. The van der Waals surface area contributed by atoms with Gasteiger partial charge in [-0.2, -0.15) is 5.10 Å². The Labute approximate surface area is 150 Å². The predicted molar refractivity (Wildman–Crippen MR) is 99.2 cm³/mol. The lowest BCUT2D eigenvalue weighted by Gasteiger charge is -2.22. The molecular formula is C18H22N6O2. The Balaban J connectivity index is 1.37. The number of hydrogen-bond acceptors (Lipinski definition) is 4. The average Bonchev–Trinajstić information content (AvgIpc) is 3.26. The molecule has 3 aromatic rings. The molecule has 0 spiro atoms. The Bertz CT molecular complexity index is 963. The molecule has 8 nitrogen and oxygen atoms in total. The van der Waals surface area contributed by atoms with Crippen LogP contribution in [-0.2, 0) is 11.3 Å². The summed E-state index contributed by atoms with van der Waals surface area (Å²) in [5, 5.41) is 14.0. The van der Waals surface area contributed by atoms with Gasteiger partial charge in [0.05, 0.1) is 28.8 Å². The lowest BCUT2D eigenvalue weighted by Crippen LogP contribution is -2.29. The van der Waals surface area contributed by atoms with E-state index in [0.29, 0.717) is 23.7 Å². The van der Waals surface area contributed by atoms with Gasteiger partial charge in [-0.1, -0.05) is 12.1 Å². The van der Waals surface area contributed by atoms with Gasteiger partial charge in [-0.3, -0.25) is 24.1 Å². The third kappa shape index (κ3) is 3.41. The summed E-state index contributed by atoms with van der Waals surface area (Å²) >= 11 is 0. The van der Waals surface area contributed by atoms with Gasteiger partial charge in [0, 0.05) is 19.2 Å². The Morgan fingerprint density at radius 1 is 1.27 bits per heavy atom. The molecule has 3 N–H and O–H groups in total. The topological polar surface area (TPSA) is 96.7 Å². The number of hydrogen-bond donors (Lipinski definition) is 3. The van der Waals surface area contributed by atoms with Gasteiger partial charge in [0.15, 0.2) is 0 Å². The number of benzene rings is 1. The third-order valence-electron chi connectivity index (χ3n) is 4.81. The maximum Gasteiger partial charge on any atom is 0.271 e. The molecule has 1 fully saturated rings. The third-order valence-corrected chi connectivity index (χ3v) is 4.81. The van der Waals surface area contributed by atoms with Crippen molar-refractivity contribution in [3.8, 4) is 0 Å². The summed E-state index contributed by atoms with van der Waals surface area (Å²) in [4.78, 5) is 24.1. The first-order valence-corrected chi connectivity index (χ1v) is 8.93. The molecule has 0 radical (unpaired) electrons. The van der Waals surface area contributed by atoms with Gasteiger partial charge < -0.3 is 10.6 Å². The fraction of sp³-hybridized carbons (Fsp3) is 0.389. The minimum absolute atomic E-state index is 0.103. The molecule has 1 aliphatic rings. The summed E-state index contributed by atoms with van der Waals surface area (Å²) in [5.41, 5.74) is 1.38. The summed E-state index contributed by atoms with van der Waals surface area (Å²) in [6.07, 6.45) is 5.94. The number of aromatic amines is 1. The molecule has 4 rings (SSSR count). The van der Waals surface area contributed by atoms with Crippen LogP contribution in [0.3, 0.4) is 0 Å². The zero-order chi connectivity index (χ0) is 17.9. The van der Waals surface area contributed by atoms with Gasteiger partial charge >= 0.3 is 0 Å². The molecule has 1 aromatic carbocycles. The van der Waals surface area contributed by atoms with Crippen LogP contribution in [0.1, 0.15) is 25.3 Å². The van der Waals surface area contributed by atoms with E-state index in [1.807, 2.05) is 29.1 Å². The molecule has 1 aliphatic heterocycles. The second-order valence-electron chi connectivity index (χ2n) is 6.60. The molecule has 2 aromatic heterocycles. The monoisotopic (exact) mass is 354 g/mol. The van der Waals surface area contributed by atoms with E-state index in [2.05, 4.69) is 20.8 Å². The van der Waals surface area contributed by atoms with E-state index < -0.39 is 0 Å². The number of para-hydroxylation sites is 1. The number of nitrogens with zero attached hydrogens (tertiary/aromatic N) is 3. The summed E-state index contributed by atoms with van der Waals surface area (Å²) in [6.45, 7) is 2.40. The van der Waals surface area contributed by atoms with E-state index in [0.717, 1.165) is 31.4 Å². The van der Waals surface area contributed by atoms with E-state index in [1.54, 1.807) is 16.9 Å². The first kappa shape index (κ1) is 16.6. The Kier molecular flexibility index (Phi) is 4.57. The Morgan fingerprint density at radius 2 is 2.08 bits per heavy atom. The van der Waals surface area contributed by atoms with Crippen LogP contribution in [0.4, 0.5) is 5.69 Å². The number of aromatic nitrogens is 4. The van der Waals surface area contributed by atoms with Gasteiger partial charge in [-0.15, -0.1) is 0 Å². The molecule has 136 valence electrons. The van der Waals surface area contributed by atoms with E-state index in [1.165, 1.54) is 0 Å². The molecule has 1 saturated heterocycles. The minimum atomic E-state index is -0.135. The number of anilines is 1. The molecule has 26 heavy (non-hydrogen) atoms. The second-order valence-corrected chi connectivity index (χ2v) is 6.60. The number of rotatable bonds is 5. The van der Waals surface area contributed by atoms with Crippen molar-refractivity contribution < 1.29 is 4.79 Å². The SMILES string of the molecule is O=C(CCn1[nH]c(=O)c2ccccc21)Nc1cnn(C2CCNCC2)c1. The van der Waals surface area contributed by atoms with E-state index in [4.69, 9.17) is 0 Å². The zero-order valence-electron chi connectivity index (χ0n) is 14.4. The molecule has 8 heteroatoms. The van der Waals surface area contributed by atoms with Crippen molar-refractivity contribution in [2.24, 2.45) is 0 Å². The standard InChI is InChI=1S/C18H22N6O2/c25-17(7-10-23-16-4-2-1-3-15(16)18(26)22-23)21-13-11-20-24(12-13)14-5-8-19-9-6-14/h1-4,11-12,14,19H,5-10H2,(H,21,25)(H,22,26). The van der Waals surface area contributed by atoms with Crippen molar-refractivity contribution in [1.29, 1.82) is 0 Å². The average molecular weight is 354 g/mol. The van der Waals surface area contributed by atoms with Crippen molar-refractivity contribution in [3.05, 3.63) is 47.0 Å². The van der Waals surface area contributed by atoms with Crippen LogP contribution in [0.25, 0.3) is 10.9 Å². The number of nitrogens with one attached hydrogen (secondary N) is 3. The minimum Gasteiger partial charge on any atom is -0.323 e. The van der Waals surface area contributed by atoms with Crippen LogP contribution in [0.15, 0.2) is 41.5 Å². The zero-order valence-corrected chi connectivity index (χ0v) is 14.4. The molecule has 0 saturated carbocycles. The number of H-pyrrole nitrogens is 1. The number of amides is 1. The van der Waals surface area contributed by atoms with Gasteiger partial charge in [-0.25, -0.2) is 0 Å². The molecule has 1 amide bonds. The number of aryl methyl sites for hydroxylation is 1. The summed E-state index contributed by atoms with van der Waals surface area (Å²) in [7, 11) is 0. The van der Waals surface area contributed by atoms with Crippen LogP contribution in [0.2, 0.25) is 0 Å². The van der Waals surface area contributed by atoms with Crippen molar-refractivity contribution in [1.82, 2.24) is 24.9 Å². The summed E-state index contributed by atoms with van der Waals surface area (Å²) < 4.78 is 3.66. The molecule has 3 heterocycles. The van der Waals surface area contributed by atoms with Gasteiger partial charge in [0.25, 0.3) is 5.56 Å². The second kappa shape index (κ2) is 7.17. The largest absolute Gasteiger partial charge is 0.323 e. The van der Waals surface area contributed by atoms with Crippen LogP contribution in [0.5, 0.6) is 0 Å². The molecular weight excluding hydrogens is 332 g/mol.